The standard InChI is InChI=1S/C23H26N4O7S.C22H25N5O7S/c1-2-3-13-34-17-11-9-16-10-12-19(21(28)27(16)15-17)25-23(31)24-14-20(22(29)30)26-35(32,33)18-7-5-4-6-8-18;23-11-4-12-34-16-9-7-15-8-10-18(20(28)27(15)14-16)25-22(31)24-13-19(21(29)30)26-35(32,33)17-5-2-1-3-6-17/h4-12,15,20,26H,2-3,13-14H2,1H3,(H,29,30)(H2,24,25,31);1-3,5-10,14,19,26H,4,11-13,23H2,(H,29,30)(H2,24,25,31)/t20-;19-/m00/s1. The van der Waals surface area contributed by atoms with E-state index in [2.05, 4.69) is 21.3 Å². The summed E-state index contributed by atoms with van der Waals surface area (Å²) in [7, 11) is -8.25. The van der Waals surface area contributed by atoms with Gasteiger partial charge in [0.25, 0.3) is 11.1 Å². The van der Waals surface area contributed by atoms with Crippen LogP contribution in [0.2, 0.25) is 0 Å². The second kappa shape index (κ2) is 25.0. The van der Waals surface area contributed by atoms with Crippen LogP contribution in [0.15, 0.2) is 141 Å². The number of unbranched alkanes of at least 4 members (excludes halogenated alkanes) is 1. The maximum atomic E-state index is 12.8. The lowest BCUT2D eigenvalue weighted by atomic mass is 10.3. The number of hydrogen-bond donors (Lipinski definition) is 9. The van der Waals surface area contributed by atoms with Crippen molar-refractivity contribution in [3.63, 3.8) is 0 Å². The highest BCUT2D eigenvalue weighted by Crippen LogP contribution is 2.16. The first kappa shape index (κ1) is 53.1. The zero-order valence-corrected chi connectivity index (χ0v) is 39.1. The Kier molecular flexibility index (Phi) is 18.9. The van der Waals surface area contributed by atoms with Gasteiger partial charge in [-0.15, -0.1) is 0 Å². The highest BCUT2D eigenvalue weighted by Gasteiger charge is 2.27. The van der Waals surface area contributed by atoms with Crippen LogP contribution in [0.3, 0.4) is 0 Å². The van der Waals surface area contributed by atoms with E-state index < -0.39 is 80.3 Å². The number of anilines is 2. The Bertz CT molecular complexity index is 2930. The summed E-state index contributed by atoms with van der Waals surface area (Å²) in [6.07, 6.45) is 5.49. The molecule has 0 unspecified atom stereocenters. The zero-order chi connectivity index (χ0) is 50.8. The van der Waals surface area contributed by atoms with Crippen LogP contribution in [0.4, 0.5) is 21.0 Å². The van der Waals surface area contributed by atoms with Crippen LogP contribution in [0.25, 0.3) is 11.0 Å². The predicted molar refractivity (Wildman–Crippen MR) is 257 cm³/mol. The summed E-state index contributed by atoms with van der Waals surface area (Å²) < 4.78 is 67.5. The van der Waals surface area contributed by atoms with Crippen molar-refractivity contribution < 1.29 is 55.7 Å². The molecule has 10 N–H and O–H groups in total. The number of pyridine rings is 4. The minimum atomic E-state index is -4.13. The minimum Gasteiger partial charge on any atom is -0.492 e. The third kappa shape index (κ3) is 15.1. The van der Waals surface area contributed by atoms with Gasteiger partial charge in [0.05, 0.1) is 35.4 Å². The van der Waals surface area contributed by atoms with E-state index in [4.69, 9.17) is 15.2 Å². The Labute approximate surface area is 400 Å². The number of urea groups is 2. The monoisotopic (exact) mass is 1010 g/mol. The summed E-state index contributed by atoms with van der Waals surface area (Å²) in [6.45, 7) is 2.27. The van der Waals surface area contributed by atoms with Crippen LogP contribution in [-0.2, 0) is 29.6 Å². The molecular weight excluding hydrogens is 955 g/mol. The number of carbonyl (C=O) groups excluding carboxylic acids is 2. The highest BCUT2D eigenvalue weighted by molar-refractivity contribution is 7.89. The molecule has 372 valence electrons. The fraction of sp³-hybridized carbons (Fsp3) is 0.244. The Balaban J connectivity index is 0.000000261. The molecule has 0 bridgehead atoms. The second-order valence-corrected chi connectivity index (χ2v) is 18.4. The quantitative estimate of drug-likeness (QED) is 0.0442. The topological polar surface area (TPSA) is 337 Å². The Morgan fingerprint density at radius 2 is 0.971 bits per heavy atom. The number of nitrogens with zero attached hydrogens (tertiary/aromatic N) is 2. The fourth-order valence-electron chi connectivity index (χ4n) is 6.11. The summed E-state index contributed by atoms with van der Waals surface area (Å²) >= 11 is 0. The SMILES string of the molecule is CCCCOc1ccc2ccc(NC(=O)NC[C@H](NS(=O)(=O)c3ccccc3)C(=O)O)c(=O)n2c1.NCCCOc1ccc2ccc(NC(=O)NC[C@H](NS(=O)(=O)c3ccccc3)C(=O)O)c(=O)n2c1. The van der Waals surface area contributed by atoms with Crippen LogP contribution in [0.5, 0.6) is 11.5 Å². The normalized spacial score (nSPS) is 12.1. The lowest BCUT2D eigenvalue weighted by molar-refractivity contribution is -0.139. The number of rotatable bonds is 22. The molecule has 4 heterocycles. The number of sulfonamides is 2. The van der Waals surface area contributed by atoms with Gasteiger partial charge in [-0.2, -0.15) is 9.44 Å². The third-order valence-electron chi connectivity index (χ3n) is 9.76. The van der Waals surface area contributed by atoms with Gasteiger partial charge in [0.15, 0.2) is 0 Å². The molecule has 6 aromatic rings. The van der Waals surface area contributed by atoms with E-state index in [1.165, 1.54) is 81.9 Å². The maximum Gasteiger partial charge on any atom is 0.323 e. The van der Waals surface area contributed by atoms with Crippen LogP contribution >= 0.6 is 0 Å². The van der Waals surface area contributed by atoms with Gasteiger partial charge < -0.3 is 46.7 Å². The molecule has 0 aliphatic rings. The van der Waals surface area contributed by atoms with Crippen LogP contribution in [0.1, 0.15) is 26.2 Å². The van der Waals surface area contributed by atoms with Gasteiger partial charge >= 0.3 is 24.0 Å². The predicted octanol–water partition coefficient (Wildman–Crippen LogP) is 2.61. The Hall–Kier alpha value is -7.84. The summed E-state index contributed by atoms with van der Waals surface area (Å²) in [6, 6.07) is 22.3. The number of carbonyl (C=O) groups is 4. The molecule has 70 heavy (non-hydrogen) atoms. The smallest absolute Gasteiger partial charge is 0.323 e. The molecule has 6 rings (SSSR count). The molecule has 25 heteroatoms. The van der Waals surface area contributed by atoms with Gasteiger partial charge in [-0.05, 0) is 92.2 Å². The van der Waals surface area contributed by atoms with Gasteiger partial charge in [-0.1, -0.05) is 49.7 Å². The molecule has 4 aromatic heterocycles. The molecule has 23 nitrogen and oxygen atoms in total. The first-order valence-electron chi connectivity index (χ1n) is 21.4. The van der Waals surface area contributed by atoms with Crippen molar-refractivity contribution in [2.24, 2.45) is 5.73 Å². The van der Waals surface area contributed by atoms with E-state index >= 15 is 0 Å². The molecule has 0 radical (unpaired) electrons. The molecular formula is C45H51N9O14S2. The average molecular weight is 1010 g/mol. The molecule has 2 aromatic carbocycles. The summed E-state index contributed by atoms with van der Waals surface area (Å²) in [4.78, 5) is 73.1. The second-order valence-electron chi connectivity index (χ2n) is 14.9. The first-order valence-corrected chi connectivity index (χ1v) is 24.4. The number of ether oxygens (including phenoxy) is 2. The molecule has 4 amide bonds. The number of hydrogen-bond acceptors (Lipinski definition) is 13. The fourth-order valence-corrected chi connectivity index (χ4v) is 8.53. The summed E-state index contributed by atoms with van der Waals surface area (Å²) in [5.74, 6) is -2.02. The largest absolute Gasteiger partial charge is 0.492 e. The van der Waals surface area contributed by atoms with Crippen molar-refractivity contribution in [2.45, 2.75) is 48.1 Å². The zero-order valence-electron chi connectivity index (χ0n) is 37.4. The number of aromatic nitrogens is 2. The highest BCUT2D eigenvalue weighted by atomic mass is 32.2. The third-order valence-corrected chi connectivity index (χ3v) is 12.7. The first-order chi connectivity index (χ1) is 33.4. The van der Waals surface area contributed by atoms with E-state index in [-0.39, 0.29) is 21.2 Å². The van der Waals surface area contributed by atoms with Crippen molar-refractivity contribution in [1.29, 1.82) is 0 Å². The Morgan fingerprint density at radius 3 is 1.34 bits per heavy atom. The number of benzene rings is 2. The summed E-state index contributed by atoms with van der Waals surface area (Å²) in [5.41, 5.74) is 5.41. The lowest BCUT2D eigenvalue weighted by Gasteiger charge is -2.16. The van der Waals surface area contributed by atoms with E-state index in [1.54, 1.807) is 48.5 Å². The lowest BCUT2D eigenvalue weighted by Crippen LogP contribution is -2.49. The minimum absolute atomic E-state index is 0.0533. The molecule has 0 fully saturated rings. The van der Waals surface area contributed by atoms with Gasteiger partial charge in [0.2, 0.25) is 20.0 Å². The van der Waals surface area contributed by atoms with Crippen molar-refractivity contribution in [2.75, 3.05) is 43.5 Å². The molecule has 0 spiro atoms. The number of aliphatic carboxylic acids is 2. The molecule has 0 saturated heterocycles. The van der Waals surface area contributed by atoms with Gasteiger partial charge in [-0.3, -0.25) is 28.0 Å². The average Bonchev–Trinajstić information content (AvgIpc) is 3.34. The van der Waals surface area contributed by atoms with E-state index in [0.29, 0.717) is 48.7 Å². The Morgan fingerprint density at radius 1 is 0.586 bits per heavy atom. The van der Waals surface area contributed by atoms with E-state index in [9.17, 15) is 55.8 Å². The number of carboxylic acid groups (broad SMARTS) is 2. The molecule has 2 atom stereocenters. The maximum absolute atomic E-state index is 12.8. The van der Waals surface area contributed by atoms with Gasteiger partial charge in [0, 0.05) is 24.1 Å². The van der Waals surface area contributed by atoms with Crippen molar-refractivity contribution in [1.82, 2.24) is 28.9 Å². The van der Waals surface area contributed by atoms with E-state index in [1.807, 2.05) is 16.4 Å². The number of nitrogens with one attached hydrogen (secondary N) is 6. The molecule has 0 aliphatic carbocycles. The number of carboxylic acids is 2. The number of amides is 4. The molecule has 0 saturated carbocycles. The van der Waals surface area contributed by atoms with Crippen LogP contribution < -0.4 is 57.0 Å². The van der Waals surface area contributed by atoms with Crippen molar-refractivity contribution >= 4 is 66.5 Å². The van der Waals surface area contributed by atoms with Gasteiger partial charge in [-0.25, -0.2) is 26.4 Å². The van der Waals surface area contributed by atoms with Crippen LogP contribution in [0, 0.1) is 0 Å². The number of nitrogens with two attached hydrogens (primary N) is 1. The van der Waals surface area contributed by atoms with Crippen LogP contribution in [-0.4, -0.2) is 105 Å². The number of fused-ring (bicyclic) bond motifs is 2. The van der Waals surface area contributed by atoms with Gasteiger partial charge in [0.1, 0.15) is 35.0 Å². The molecule has 0 aliphatic heterocycles. The van der Waals surface area contributed by atoms with E-state index in [0.717, 1.165) is 12.8 Å². The van der Waals surface area contributed by atoms with Crippen molar-refractivity contribution in [3.05, 3.63) is 142 Å². The summed E-state index contributed by atoms with van der Waals surface area (Å²) in [5, 5.41) is 28.0. The van der Waals surface area contributed by atoms with Crippen molar-refractivity contribution in [3.8, 4) is 11.5 Å².